The molecule has 0 atom stereocenters. The molecule has 0 radical (unpaired) electrons. The van der Waals surface area contributed by atoms with Crippen LogP contribution in [0.25, 0.3) is 11.4 Å². The lowest BCUT2D eigenvalue weighted by Crippen LogP contribution is -2.03. The number of carbonyl (C=O) groups is 1. The van der Waals surface area contributed by atoms with E-state index in [-0.39, 0.29) is 5.75 Å². The van der Waals surface area contributed by atoms with Crippen LogP contribution in [0.15, 0.2) is 36.0 Å². The van der Waals surface area contributed by atoms with Gasteiger partial charge in [-0.05, 0) is 18.2 Å². The molecule has 0 spiro atoms. The SMILES string of the molecule is C=CCn1c(SCC(=O)O)nnc1-c1ccc(Cl)c(Cl)c1. The third kappa shape index (κ3) is 3.78. The number of aromatic nitrogens is 3. The van der Waals surface area contributed by atoms with Crippen LogP contribution in [0.2, 0.25) is 10.0 Å². The third-order valence-electron chi connectivity index (χ3n) is 2.53. The average Bonchev–Trinajstić information content (AvgIpc) is 2.83. The number of halogens is 2. The van der Waals surface area contributed by atoms with Crippen LogP contribution >= 0.6 is 35.0 Å². The van der Waals surface area contributed by atoms with Gasteiger partial charge in [-0.25, -0.2) is 0 Å². The zero-order valence-electron chi connectivity index (χ0n) is 10.8. The Morgan fingerprint density at radius 1 is 1.38 bits per heavy atom. The summed E-state index contributed by atoms with van der Waals surface area (Å²) >= 11 is 13.0. The molecule has 0 saturated heterocycles. The van der Waals surface area contributed by atoms with Gasteiger partial charge in [0, 0.05) is 12.1 Å². The first-order chi connectivity index (χ1) is 10.0. The lowest BCUT2D eigenvalue weighted by Gasteiger charge is -2.07. The number of hydrogen-bond acceptors (Lipinski definition) is 4. The summed E-state index contributed by atoms with van der Waals surface area (Å²) in [5, 5.41) is 18.3. The number of thioether (sulfide) groups is 1. The van der Waals surface area contributed by atoms with Crippen molar-refractivity contribution >= 4 is 40.9 Å². The molecule has 1 aromatic carbocycles. The Balaban J connectivity index is 2.40. The van der Waals surface area contributed by atoms with E-state index in [0.29, 0.717) is 27.6 Å². The van der Waals surface area contributed by atoms with Gasteiger partial charge in [-0.2, -0.15) is 0 Å². The second-order valence-corrected chi connectivity index (χ2v) is 5.77. The van der Waals surface area contributed by atoms with Crippen LogP contribution in [-0.2, 0) is 11.3 Å². The first-order valence-corrected chi connectivity index (χ1v) is 7.61. The Labute approximate surface area is 135 Å². The number of aliphatic carboxylic acids is 1. The Kier molecular flexibility index (Phi) is 5.27. The average molecular weight is 344 g/mol. The van der Waals surface area contributed by atoms with E-state index in [1.54, 1.807) is 28.8 Å². The maximum Gasteiger partial charge on any atom is 0.313 e. The molecule has 1 N–H and O–H groups in total. The summed E-state index contributed by atoms with van der Waals surface area (Å²) in [4.78, 5) is 10.7. The topological polar surface area (TPSA) is 68.0 Å². The quantitative estimate of drug-likeness (QED) is 0.640. The molecule has 8 heteroatoms. The first-order valence-electron chi connectivity index (χ1n) is 5.87. The molecular formula is C13H11Cl2N3O2S. The molecule has 1 aromatic heterocycles. The fourth-order valence-corrected chi connectivity index (χ4v) is 2.63. The second kappa shape index (κ2) is 6.98. The van der Waals surface area contributed by atoms with Gasteiger partial charge >= 0.3 is 5.97 Å². The first kappa shape index (κ1) is 15.9. The zero-order chi connectivity index (χ0) is 15.4. The van der Waals surface area contributed by atoms with Crippen molar-refractivity contribution in [3.8, 4) is 11.4 Å². The zero-order valence-corrected chi connectivity index (χ0v) is 13.1. The summed E-state index contributed by atoms with van der Waals surface area (Å²) in [6.45, 7) is 4.15. The molecule has 0 fully saturated rings. The van der Waals surface area contributed by atoms with Gasteiger partial charge in [-0.1, -0.05) is 41.0 Å². The van der Waals surface area contributed by atoms with E-state index in [1.165, 1.54) is 0 Å². The fourth-order valence-electron chi connectivity index (χ4n) is 1.66. The maximum absolute atomic E-state index is 10.7. The van der Waals surface area contributed by atoms with Gasteiger partial charge < -0.3 is 5.11 Å². The van der Waals surface area contributed by atoms with Crippen LogP contribution < -0.4 is 0 Å². The van der Waals surface area contributed by atoms with Crippen LogP contribution in [-0.4, -0.2) is 31.6 Å². The molecule has 0 aliphatic heterocycles. The van der Waals surface area contributed by atoms with Crippen LogP contribution in [0.5, 0.6) is 0 Å². The van der Waals surface area contributed by atoms with E-state index < -0.39 is 5.97 Å². The van der Waals surface area contributed by atoms with Gasteiger partial charge in [-0.3, -0.25) is 9.36 Å². The highest BCUT2D eigenvalue weighted by Gasteiger charge is 2.15. The van der Waals surface area contributed by atoms with E-state index in [0.717, 1.165) is 17.3 Å². The minimum Gasteiger partial charge on any atom is -0.481 e. The van der Waals surface area contributed by atoms with Gasteiger partial charge in [-0.15, -0.1) is 16.8 Å². The number of nitrogens with zero attached hydrogens (tertiary/aromatic N) is 3. The predicted octanol–water partition coefficient (Wildman–Crippen LogP) is 3.61. The molecule has 5 nitrogen and oxygen atoms in total. The standard InChI is InChI=1S/C13H11Cl2N3O2S/c1-2-5-18-12(8-3-4-9(14)10(15)6-8)16-17-13(18)21-7-11(19)20/h2-4,6H,1,5,7H2,(H,19,20). The molecule has 0 aliphatic carbocycles. The summed E-state index contributed by atoms with van der Waals surface area (Å²) in [5.41, 5.74) is 0.751. The molecule has 2 rings (SSSR count). The molecule has 0 aliphatic rings. The van der Waals surface area contributed by atoms with Gasteiger partial charge in [0.2, 0.25) is 0 Å². The van der Waals surface area contributed by atoms with E-state index in [2.05, 4.69) is 16.8 Å². The van der Waals surface area contributed by atoms with Crippen LogP contribution in [0.4, 0.5) is 0 Å². The molecule has 1 heterocycles. The molecule has 110 valence electrons. The molecule has 0 bridgehead atoms. The van der Waals surface area contributed by atoms with Crippen molar-refractivity contribution in [1.29, 1.82) is 0 Å². The number of hydrogen-bond donors (Lipinski definition) is 1. The molecular weight excluding hydrogens is 333 g/mol. The minimum atomic E-state index is -0.913. The van der Waals surface area contributed by atoms with E-state index >= 15 is 0 Å². The van der Waals surface area contributed by atoms with Crippen molar-refractivity contribution in [1.82, 2.24) is 14.8 Å². The van der Waals surface area contributed by atoms with Crippen molar-refractivity contribution in [2.75, 3.05) is 5.75 Å². The number of carboxylic acids is 1. The van der Waals surface area contributed by atoms with Gasteiger partial charge in [0.1, 0.15) is 0 Å². The lowest BCUT2D eigenvalue weighted by molar-refractivity contribution is -0.133. The third-order valence-corrected chi connectivity index (χ3v) is 4.22. The number of rotatable bonds is 6. The van der Waals surface area contributed by atoms with Gasteiger partial charge in [0.15, 0.2) is 11.0 Å². The summed E-state index contributed by atoms with van der Waals surface area (Å²) in [7, 11) is 0. The monoisotopic (exact) mass is 343 g/mol. The highest BCUT2D eigenvalue weighted by atomic mass is 35.5. The summed E-state index contributed by atoms with van der Waals surface area (Å²) in [6, 6.07) is 5.15. The summed E-state index contributed by atoms with van der Waals surface area (Å²) < 4.78 is 1.78. The van der Waals surface area contributed by atoms with Crippen molar-refractivity contribution in [2.45, 2.75) is 11.7 Å². The van der Waals surface area contributed by atoms with E-state index in [9.17, 15) is 4.79 Å². The normalized spacial score (nSPS) is 10.6. The molecule has 0 amide bonds. The van der Waals surface area contributed by atoms with Gasteiger partial charge in [0.25, 0.3) is 0 Å². The number of benzene rings is 1. The lowest BCUT2D eigenvalue weighted by atomic mass is 10.2. The van der Waals surface area contributed by atoms with E-state index in [4.69, 9.17) is 28.3 Å². The van der Waals surface area contributed by atoms with Crippen molar-refractivity contribution in [3.63, 3.8) is 0 Å². The number of allylic oxidation sites excluding steroid dienone is 1. The highest BCUT2D eigenvalue weighted by molar-refractivity contribution is 7.99. The Morgan fingerprint density at radius 2 is 2.14 bits per heavy atom. The van der Waals surface area contributed by atoms with Crippen LogP contribution in [0.1, 0.15) is 0 Å². The fraction of sp³-hybridized carbons (Fsp3) is 0.154. The van der Waals surface area contributed by atoms with Gasteiger partial charge in [0.05, 0.1) is 15.8 Å². The van der Waals surface area contributed by atoms with Crippen molar-refractivity contribution in [2.24, 2.45) is 0 Å². The molecule has 0 unspecified atom stereocenters. The predicted molar refractivity (Wildman–Crippen MR) is 84.0 cm³/mol. The molecule has 2 aromatic rings. The van der Waals surface area contributed by atoms with Crippen LogP contribution in [0.3, 0.4) is 0 Å². The Hall–Kier alpha value is -1.50. The maximum atomic E-state index is 10.7. The molecule has 0 saturated carbocycles. The number of carboxylic acid groups (broad SMARTS) is 1. The van der Waals surface area contributed by atoms with Crippen LogP contribution in [0, 0.1) is 0 Å². The van der Waals surface area contributed by atoms with Crippen molar-refractivity contribution in [3.05, 3.63) is 40.9 Å². The van der Waals surface area contributed by atoms with E-state index in [1.807, 2.05) is 0 Å². The Morgan fingerprint density at radius 3 is 2.76 bits per heavy atom. The van der Waals surface area contributed by atoms with Crippen molar-refractivity contribution < 1.29 is 9.90 Å². The molecule has 21 heavy (non-hydrogen) atoms. The Bertz CT molecular complexity index is 688. The largest absolute Gasteiger partial charge is 0.481 e. The summed E-state index contributed by atoms with van der Waals surface area (Å²) in [5.74, 6) is -0.415. The second-order valence-electron chi connectivity index (χ2n) is 4.02. The smallest absolute Gasteiger partial charge is 0.313 e. The summed E-state index contributed by atoms with van der Waals surface area (Å²) in [6.07, 6.45) is 1.69. The minimum absolute atomic E-state index is 0.0867. The highest BCUT2D eigenvalue weighted by Crippen LogP contribution is 2.29.